The van der Waals surface area contributed by atoms with Gasteiger partial charge in [-0.05, 0) is 51.8 Å². The molecule has 1 aromatic carbocycles. The van der Waals surface area contributed by atoms with Crippen LogP contribution >= 0.6 is 0 Å². The van der Waals surface area contributed by atoms with Crippen LogP contribution in [-0.2, 0) is 9.47 Å². The summed E-state index contributed by atoms with van der Waals surface area (Å²) in [5.41, 5.74) is -0.648. The Hall–Kier alpha value is -2.87. The Bertz CT molecular complexity index is 848. The molecule has 0 atom stereocenters. The van der Waals surface area contributed by atoms with E-state index in [0.29, 0.717) is 23.4 Å². The highest BCUT2D eigenvalue weighted by atomic mass is 19.1. The minimum absolute atomic E-state index is 0.0169. The molecule has 0 bridgehead atoms. The summed E-state index contributed by atoms with van der Waals surface area (Å²) >= 11 is 0. The molecule has 2 heterocycles. The van der Waals surface area contributed by atoms with Crippen molar-refractivity contribution in [3.8, 4) is 11.5 Å². The van der Waals surface area contributed by atoms with E-state index in [9.17, 15) is 9.18 Å². The molecular formula is C21H26FN3O4. The zero-order chi connectivity index (χ0) is 20.9. The summed E-state index contributed by atoms with van der Waals surface area (Å²) in [7, 11) is 0. The van der Waals surface area contributed by atoms with Crippen LogP contribution in [0.25, 0.3) is 0 Å². The second-order valence-corrected chi connectivity index (χ2v) is 7.78. The van der Waals surface area contributed by atoms with E-state index in [2.05, 4.69) is 15.6 Å². The van der Waals surface area contributed by atoms with Gasteiger partial charge in [0.15, 0.2) is 5.82 Å². The number of amides is 1. The summed E-state index contributed by atoms with van der Waals surface area (Å²) in [6.07, 6.45) is 2.75. The molecule has 0 radical (unpaired) electrons. The van der Waals surface area contributed by atoms with Gasteiger partial charge in [0.05, 0.1) is 5.69 Å². The van der Waals surface area contributed by atoms with Gasteiger partial charge in [-0.25, -0.2) is 14.2 Å². The lowest BCUT2D eigenvalue weighted by atomic mass is 10.1. The molecule has 2 aromatic rings. The summed E-state index contributed by atoms with van der Waals surface area (Å²) in [6.45, 7) is 6.67. The number of nitrogens with zero attached hydrogens (tertiary/aromatic N) is 1. The SMILES string of the molecule is CC(C)(C)OC(=O)Nc1ccc(Oc2ccnc(NC3CCOCC3)c2)cc1F. The molecular weight excluding hydrogens is 377 g/mol. The van der Waals surface area contributed by atoms with Crippen molar-refractivity contribution in [2.24, 2.45) is 0 Å². The number of rotatable bonds is 5. The minimum Gasteiger partial charge on any atom is -0.457 e. The number of carbonyl (C=O) groups is 1. The van der Waals surface area contributed by atoms with Crippen molar-refractivity contribution in [3.05, 3.63) is 42.3 Å². The number of hydrogen-bond acceptors (Lipinski definition) is 6. The van der Waals surface area contributed by atoms with Crippen molar-refractivity contribution in [2.75, 3.05) is 23.8 Å². The number of hydrogen-bond donors (Lipinski definition) is 2. The predicted octanol–water partition coefficient (Wildman–Crippen LogP) is 4.95. The van der Waals surface area contributed by atoms with E-state index in [1.54, 1.807) is 45.2 Å². The Balaban J connectivity index is 1.62. The normalized spacial score (nSPS) is 14.9. The Morgan fingerprint density at radius 1 is 1.17 bits per heavy atom. The first kappa shape index (κ1) is 20.9. The number of pyridine rings is 1. The lowest BCUT2D eigenvalue weighted by molar-refractivity contribution is 0.0635. The number of nitrogens with one attached hydrogen (secondary N) is 2. The number of aromatic nitrogens is 1. The van der Waals surface area contributed by atoms with Crippen LogP contribution in [0.1, 0.15) is 33.6 Å². The lowest BCUT2D eigenvalue weighted by Crippen LogP contribution is -2.28. The second kappa shape index (κ2) is 9.09. The molecule has 1 aromatic heterocycles. The standard InChI is InChI=1S/C21H26FN3O4/c1-21(2,3)29-20(26)25-18-5-4-15(12-17(18)22)28-16-6-9-23-19(13-16)24-14-7-10-27-11-8-14/h4-6,9,12-14H,7-8,10-11H2,1-3H3,(H,23,24)(H,25,26). The predicted molar refractivity (Wildman–Crippen MR) is 108 cm³/mol. The van der Waals surface area contributed by atoms with Crippen molar-refractivity contribution in [3.63, 3.8) is 0 Å². The highest BCUT2D eigenvalue weighted by molar-refractivity contribution is 5.85. The summed E-state index contributed by atoms with van der Waals surface area (Å²) in [5.74, 6) is 0.906. The Labute approximate surface area is 169 Å². The van der Waals surface area contributed by atoms with Crippen molar-refractivity contribution >= 4 is 17.6 Å². The average molecular weight is 403 g/mol. The average Bonchev–Trinajstić information content (AvgIpc) is 2.64. The van der Waals surface area contributed by atoms with Crippen LogP contribution in [0, 0.1) is 5.82 Å². The van der Waals surface area contributed by atoms with E-state index in [1.807, 2.05) is 0 Å². The van der Waals surface area contributed by atoms with E-state index >= 15 is 0 Å². The van der Waals surface area contributed by atoms with E-state index in [0.717, 1.165) is 26.1 Å². The van der Waals surface area contributed by atoms with Crippen LogP contribution in [0.4, 0.5) is 20.7 Å². The topological polar surface area (TPSA) is 81.7 Å². The van der Waals surface area contributed by atoms with Crippen LogP contribution in [-0.4, -0.2) is 35.9 Å². The molecule has 3 rings (SSSR count). The monoisotopic (exact) mass is 403 g/mol. The third-order valence-electron chi connectivity index (χ3n) is 4.12. The van der Waals surface area contributed by atoms with Crippen LogP contribution in [0.2, 0.25) is 0 Å². The van der Waals surface area contributed by atoms with Gasteiger partial charge in [0.1, 0.15) is 22.9 Å². The third kappa shape index (κ3) is 6.60. The smallest absolute Gasteiger partial charge is 0.412 e. The van der Waals surface area contributed by atoms with Crippen molar-refractivity contribution in [1.82, 2.24) is 4.98 Å². The van der Waals surface area contributed by atoms with E-state index in [4.69, 9.17) is 14.2 Å². The van der Waals surface area contributed by atoms with Crippen LogP contribution in [0.3, 0.4) is 0 Å². The molecule has 1 aliphatic heterocycles. The van der Waals surface area contributed by atoms with Gasteiger partial charge in [-0.2, -0.15) is 0 Å². The van der Waals surface area contributed by atoms with E-state index < -0.39 is 17.5 Å². The van der Waals surface area contributed by atoms with Gasteiger partial charge >= 0.3 is 6.09 Å². The molecule has 2 N–H and O–H groups in total. The number of carbonyl (C=O) groups excluding carboxylic acids is 1. The fourth-order valence-electron chi connectivity index (χ4n) is 2.81. The van der Waals surface area contributed by atoms with Gasteiger partial charge in [0, 0.05) is 37.6 Å². The van der Waals surface area contributed by atoms with Gasteiger partial charge < -0.3 is 19.5 Å². The fourth-order valence-corrected chi connectivity index (χ4v) is 2.81. The summed E-state index contributed by atoms with van der Waals surface area (Å²) in [5, 5.41) is 5.75. The maximum absolute atomic E-state index is 14.3. The molecule has 0 saturated carbocycles. The van der Waals surface area contributed by atoms with Crippen LogP contribution < -0.4 is 15.4 Å². The first-order valence-electron chi connectivity index (χ1n) is 9.56. The second-order valence-electron chi connectivity index (χ2n) is 7.78. The Kier molecular flexibility index (Phi) is 6.53. The fraction of sp³-hybridized carbons (Fsp3) is 0.429. The summed E-state index contributed by atoms with van der Waals surface area (Å²) in [6, 6.07) is 7.97. The van der Waals surface area contributed by atoms with Crippen molar-refractivity contribution in [2.45, 2.75) is 45.3 Å². The molecule has 1 fully saturated rings. The first-order chi connectivity index (χ1) is 13.8. The molecule has 0 unspecified atom stereocenters. The van der Waals surface area contributed by atoms with Crippen molar-refractivity contribution < 1.29 is 23.4 Å². The minimum atomic E-state index is -0.719. The van der Waals surface area contributed by atoms with Gasteiger partial charge in [-0.1, -0.05) is 0 Å². The number of benzene rings is 1. The van der Waals surface area contributed by atoms with Crippen molar-refractivity contribution in [1.29, 1.82) is 0 Å². The first-order valence-corrected chi connectivity index (χ1v) is 9.56. The number of anilines is 2. The molecule has 1 aliphatic rings. The molecule has 1 amide bonds. The molecule has 1 saturated heterocycles. The number of ether oxygens (including phenoxy) is 3. The Morgan fingerprint density at radius 3 is 2.59 bits per heavy atom. The molecule has 7 nitrogen and oxygen atoms in total. The highest BCUT2D eigenvalue weighted by Crippen LogP contribution is 2.27. The molecule has 156 valence electrons. The molecule has 0 spiro atoms. The van der Waals surface area contributed by atoms with Gasteiger partial charge in [0.2, 0.25) is 0 Å². The Morgan fingerprint density at radius 2 is 1.90 bits per heavy atom. The van der Waals surface area contributed by atoms with Gasteiger partial charge in [-0.15, -0.1) is 0 Å². The molecule has 29 heavy (non-hydrogen) atoms. The van der Waals surface area contributed by atoms with Gasteiger partial charge in [0.25, 0.3) is 0 Å². The van der Waals surface area contributed by atoms with Crippen LogP contribution in [0.15, 0.2) is 36.5 Å². The summed E-state index contributed by atoms with van der Waals surface area (Å²) in [4.78, 5) is 16.1. The van der Waals surface area contributed by atoms with Gasteiger partial charge in [-0.3, -0.25) is 5.32 Å². The molecule has 0 aliphatic carbocycles. The zero-order valence-electron chi connectivity index (χ0n) is 16.8. The zero-order valence-corrected chi connectivity index (χ0v) is 16.8. The van der Waals surface area contributed by atoms with E-state index in [1.165, 1.54) is 12.1 Å². The maximum Gasteiger partial charge on any atom is 0.412 e. The van der Waals surface area contributed by atoms with Crippen LogP contribution in [0.5, 0.6) is 11.5 Å². The number of halogens is 1. The lowest BCUT2D eigenvalue weighted by Gasteiger charge is -2.23. The third-order valence-corrected chi connectivity index (χ3v) is 4.12. The largest absolute Gasteiger partial charge is 0.457 e. The molecule has 8 heteroatoms. The maximum atomic E-state index is 14.3. The highest BCUT2D eigenvalue weighted by Gasteiger charge is 2.18. The quantitative estimate of drug-likeness (QED) is 0.735. The summed E-state index contributed by atoms with van der Waals surface area (Å²) < 4.78 is 30.6. The van der Waals surface area contributed by atoms with E-state index in [-0.39, 0.29) is 5.69 Å².